The molecule has 0 aromatic heterocycles. The van der Waals surface area contributed by atoms with Crippen molar-refractivity contribution in [3.05, 3.63) is 59.7 Å². The first-order chi connectivity index (χ1) is 14.8. The van der Waals surface area contributed by atoms with Crippen molar-refractivity contribution in [1.82, 2.24) is 0 Å². The first-order valence-corrected chi connectivity index (χ1v) is 9.71. The molecule has 0 radical (unpaired) electrons. The number of nitrogen functional groups attached to an aromatic ring is 1. The molecule has 0 unspecified atom stereocenters. The molecule has 9 heteroatoms. The van der Waals surface area contributed by atoms with Crippen molar-refractivity contribution < 1.29 is 24.2 Å². The zero-order valence-electron chi connectivity index (χ0n) is 17.0. The van der Waals surface area contributed by atoms with E-state index in [1.165, 1.54) is 24.0 Å². The minimum Gasteiger partial charge on any atom is -0.384 e. The van der Waals surface area contributed by atoms with Crippen LogP contribution >= 0.6 is 0 Å². The second-order valence-corrected chi connectivity index (χ2v) is 7.26. The van der Waals surface area contributed by atoms with Crippen molar-refractivity contribution in [2.45, 2.75) is 25.6 Å². The Morgan fingerprint density at radius 2 is 2.00 bits per heavy atom. The molecule has 2 amide bonds. The fourth-order valence-corrected chi connectivity index (χ4v) is 3.30. The number of nitrogens with two attached hydrogens (primary N) is 1. The molecule has 9 nitrogen and oxygen atoms in total. The topological polar surface area (TPSA) is 146 Å². The summed E-state index contributed by atoms with van der Waals surface area (Å²) in [5.41, 5.74) is 7.62. The third-order valence-corrected chi connectivity index (χ3v) is 4.82. The molecule has 0 spiro atoms. The van der Waals surface area contributed by atoms with Crippen LogP contribution in [-0.2, 0) is 25.5 Å². The van der Waals surface area contributed by atoms with Gasteiger partial charge in [-0.2, -0.15) is 0 Å². The monoisotopic (exact) mass is 424 g/mol. The molecule has 162 valence electrons. The van der Waals surface area contributed by atoms with Gasteiger partial charge in [0.25, 0.3) is 11.8 Å². The normalized spacial score (nSPS) is 17.2. The Morgan fingerprint density at radius 3 is 2.65 bits per heavy atom. The van der Waals surface area contributed by atoms with Gasteiger partial charge in [0.1, 0.15) is 11.6 Å². The Labute approximate surface area is 179 Å². The average molecular weight is 424 g/mol. The maximum Gasteiger partial charge on any atom is 0.259 e. The minimum absolute atomic E-state index is 0.00626. The van der Waals surface area contributed by atoms with Gasteiger partial charge in [0.2, 0.25) is 0 Å². The molecule has 1 aliphatic rings. The number of carbonyl (C=O) groups excluding carboxylic acids is 3. The molecule has 2 atom stereocenters. The summed E-state index contributed by atoms with van der Waals surface area (Å²) in [7, 11) is 0. The van der Waals surface area contributed by atoms with E-state index in [9.17, 15) is 19.5 Å². The number of aliphatic hydroxyl groups is 1. The smallest absolute Gasteiger partial charge is 0.259 e. The summed E-state index contributed by atoms with van der Waals surface area (Å²) in [6.45, 7) is 1.90. The van der Waals surface area contributed by atoms with E-state index in [1.54, 1.807) is 36.4 Å². The molecule has 0 saturated carbocycles. The minimum atomic E-state index is -1.72. The third kappa shape index (κ3) is 5.33. The molecule has 2 aromatic rings. The Bertz CT molecular complexity index is 1010. The molecule has 2 aromatic carbocycles. The van der Waals surface area contributed by atoms with Gasteiger partial charge >= 0.3 is 0 Å². The quantitative estimate of drug-likeness (QED) is 0.383. The third-order valence-electron chi connectivity index (χ3n) is 4.82. The lowest BCUT2D eigenvalue weighted by atomic mass is 10.1. The number of nitrogens with one attached hydrogen (secondary N) is 2. The highest BCUT2D eigenvalue weighted by Gasteiger charge is 2.39. The standard InChI is InChI=1S/C22H24N4O5/c1-13(27)11-14-3-2-4-17(12-14)26-9-10-31-19(22(26)30)18(28)21(29)25-16-7-5-15(6-8-16)20(23)24/h2-8,12,18-19,28H,9-11H2,1H3,(H3,23,24)(H,25,29)/t18-,19-/m1/s1. The molecule has 1 aliphatic heterocycles. The zero-order chi connectivity index (χ0) is 22.5. The van der Waals surface area contributed by atoms with E-state index in [2.05, 4.69) is 5.32 Å². The predicted octanol–water partition coefficient (Wildman–Crippen LogP) is 0.834. The number of aliphatic hydroxyl groups excluding tert-OH is 1. The summed E-state index contributed by atoms with van der Waals surface area (Å²) in [5.74, 6) is -1.43. The maximum absolute atomic E-state index is 12.9. The number of rotatable bonds is 7. The number of hydrogen-bond acceptors (Lipinski definition) is 6. The van der Waals surface area contributed by atoms with Crippen molar-refractivity contribution >= 4 is 34.8 Å². The van der Waals surface area contributed by atoms with Gasteiger partial charge in [-0.25, -0.2) is 0 Å². The molecule has 0 bridgehead atoms. The van der Waals surface area contributed by atoms with Crippen LogP contribution in [0.2, 0.25) is 0 Å². The van der Waals surface area contributed by atoms with Gasteiger partial charge in [0, 0.05) is 29.9 Å². The van der Waals surface area contributed by atoms with Gasteiger partial charge < -0.3 is 25.8 Å². The lowest BCUT2D eigenvalue weighted by molar-refractivity contribution is -0.150. The highest BCUT2D eigenvalue weighted by Crippen LogP contribution is 2.22. The highest BCUT2D eigenvalue weighted by atomic mass is 16.5. The Balaban J connectivity index is 1.70. The number of amidine groups is 1. The van der Waals surface area contributed by atoms with Crippen LogP contribution < -0.4 is 16.0 Å². The summed E-state index contributed by atoms with van der Waals surface area (Å²) >= 11 is 0. The van der Waals surface area contributed by atoms with E-state index >= 15 is 0 Å². The lowest BCUT2D eigenvalue weighted by Crippen LogP contribution is -2.55. The SMILES string of the molecule is CC(=O)Cc1cccc(N2CCO[C@H]([C@@H](O)C(=O)Nc3ccc(C(=N)N)cc3)C2=O)c1. The second kappa shape index (κ2) is 9.50. The number of hydrogen-bond donors (Lipinski definition) is 4. The fourth-order valence-electron chi connectivity index (χ4n) is 3.30. The lowest BCUT2D eigenvalue weighted by Gasteiger charge is -2.34. The number of ether oxygens (including phenoxy) is 1. The van der Waals surface area contributed by atoms with Crippen molar-refractivity contribution in [3.8, 4) is 0 Å². The average Bonchev–Trinajstić information content (AvgIpc) is 2.73. The molecule has 1 fully saturated rings. The van der Waals surface area contributed by atoms with Crippen molar-refractivity contribution in [3.63, 3.8) is 0 Å². The molecule has 3 rings (SSSR count). The number of anilines is 2. The molecule has 0 aliphatic carbocycles. The Morgan fingerprint density at radius 1 is 1.29 bits per heavy atom. The van der Waals surface area contributed by atoms with E-state index in [0.29, 0.717) is 16.9 Å². The number of Topliss-reactive ketones (excluding diaryl/α,β-unsaturated/α-hetero) is 1. The van der Waals surface area contributed by atoms with E-state index in [-0.39, 0.29) is 31.2 Å². The number of benzene rings is 2. The van der Waals surface area contributed by atoms with Gasteiger partial charge in [0.15, 0.2) is 12.2 Å². The van der Waals surface area contributed by atoms with Gasteiger partial charge in [-0.3, -0.25) is 19.8 Å². The Hall–Kier alpha value is -3.56. The fraction of sp³-hybridized carbons (Fsp3) is 0.273. The first kappa shape index (κ1) is 22.1. The van der Waals surface area contributed by atoms with E-state index in [1.807, 2.05) is 0 Å². The zero-order valence-corrected chi connectivity index (χ0v) is 17.0. The van der Waals surface area contributed by atoms with Gasteiger partial charge in [0.05, 0.1) is 6.61 Å². The van der Waals surface area contributed by atoms with Crippen LogP contribution in [0.4, 0.5) is 11.4 Å². The molecule has 1 saturated heterocycles. The van der Waals surface area contributed by atoms with Crippen LogP contribution in [-0.4, -0.2) is 53.9 Å². The molecule has 31 heavy (non-hydrogen) atoms. The summed E-state index contributed by atoms with van der Waals surface area (Å²) in [6.07, 6.45) is -2.83. The first-order valence-electron chi connectivity index (χ1n) is 9.71. The van der Waals surface area contributed by atoms with Crippen LogP contribution in [0.3, 0.4) is 0 Å². The summed E-state index contributed by atoms with van der Waals surface area (Å²) in [6, 6.07) is 13.2. The Kier molecular flexibility index (Phi) is 6.78. The predicted molar refractivity (Wildman–Crippen MR) is 115 cm³/mol. The summed E-state index contributed by atoms with van der Waals surface area (Å²) in [4.78, 5) is 38.2. The number of carbonyl (C=O) groups is 3. The summed E-state index contributed by atoms with van der Waals surface area (Å²) in [5, 5.41) is 20.4. The molecule has 5 N–H and O–H groups in total. The van der Waals surface area contributed by atoms with E-state index in [0.717, 1.165) is 5.56 Å². The van der Waals surface area contributed by atoms with Gasteiger partial charge in [-0.15, -0.1) is 0 Å². The van der Waals surface area contributed by atoms with Crippen molar-refractivity contribution in [2.24, 2.45) is 5.73 Å². The number of morpholine rings is 1. The van der Waals surface area contributed by atoms with E-state index < -0.39 is 24.0 Å². The number of amides is 2. The molecular formula is C22H24N4O5. The second-order valence-electron chi connectivity index (χ2n) is 7.26. The molecule has 1 heterocycles. The number of ketones is 1. The number of nitrogens with zero attached hydrogens (tertiary/aromatic N) is 1. The van der Waals surface area contributed by atoms with E-state index in [4.69, 9.17) is 15.9 Å². The van der Waals surface area contributed by atoms with Gasteiger partial charge in [-0.1, -0.05) is 12.1 Å². The van der Waals surface area contributed by atoms with Crippen LogP contribution in [0.1, 0.15) is 18.1 Å². The molecular weight excluding hydrogens is 400 g/mol. The van der Waals surface area contributed by atoms with Crippen LogP contribution in [0, 0.1) is 5.41 Å². The van der Waals surface area contributed by atoms with Crippen molar-refractivity contribution in [1.29, 1.82) is 5.41 Å². The van der Waals surface area contributed by atoms with Crippen LogP contribution in [0.5, 0.6) is 0 Å². The van der Waals surface area contributed by atoms with Crippen molar-refractivity contribution in [2.75, 3.05) is 23.4 Å². The van der Waals surface area contributed by atoms with Gasteiger partial charge in [-0.05, 0) is 48.9 Å². The maximum atomic E-state index is 12.9. The van der Waals surface area contributed by atoms with Crippen LogP contribution in [0.15, 0.2) is 48.5 Å². The van der Waals surface area contributed by atoms with Crippen LogP contribution in [0.25, 0.3) is 0 Å². The summed E-state index contributed by atoms with van der Waals surface area (Å²) < 4.78 is 5.41. The largest absolute Gasteiger partial charge is 0.384 e. The highest BCUT2D eigenvalue weighted by molar-refractivity contribution is 6.04.